The first-order valence-corrected chi connectivity index (χ1v) is 14.8. The summed E-state index contributed by atoms with van der Waals surface area (Å²) < 4.78 is 6.16. The van der Waals surface area contributed by atoms with Crippen molar-refractivity contribution in [2.75, 3.05) is 12.3 Å². The number of primary amides is 1. The highest BCUT2D eigenvalue weighted by Crippen LogP contribution is 2.28. The Morgan fingerprint density at radius 2 is 1.59 bits per heavy atom. The summed E-state index contributed by atoms with van der Waals surface area (Å²) in [5, 5.41) is 6.15. The number of amides is 3. The average molecular weight is 621 g/mol. The van der Waals surface area contributed by atoms with E-state index in [0.717, 1.165) is 11.1 Å². The molecule has 0 radical (unpaired) electrons. The van der Waals surface area contributed by atoms with Crippen LogP contribution >= 0.6 is 0 Å². The van der Waals surface area contributed by atoms with Crippen LogP contribution in [0, 0.1) is 0 Å². The van der Waals surface area contributed by atoms with Crippen LogP contribution < -0.4 is 27.4 Å². The smallest absolute Gasteiger partial charge is 0.254 e. The van der Waals surface area contributed by atoms with Gasteiger partial charge in [0, 0.05) is 24.2 Å². The second-order valence-electron chi connectivity index (χ2n) is 12.0. The molecule has 7 N–H and O–H groups in total. The van der Waals surface area contributed by atoms with Crippen molar-refractivity contribution in [1.29, 1.82) is 0 Å². The fourth-order valence-electron chi connectivity index (χ4n) is 4.90. The minimum Gasteiger partial charge on any atom is -0.457 e. The van der Waals surface area contributed by atoms with Crippen LogP contribution in [0.15, 0.2) is 102 Å². The second kappa shape index (κ2) is 14.9. The lowest BCUT2D eigenvalue weighted by molar-refractivity contribution is -0.128. The number of carbonyl (C=O) groups excluding carboxylic acids is 3. The molecule has 0 heterocycles. The highest BCUT2D eigenvalue weighted by Gasteiger charge is 2.31. The molecule has 10 nitrogen and oxygen atoms in total. The summed E-state index contributed by atoms with van der Waals surface area (Å²) in [5.74, 6) is 4.95. The third-order valence-electron chi connectivity index (χ3n) is 7.35. The number of hydrogen-bond donors (Lipinski definition) is 4. The average Bonchev–Trinajstić information content (AvgIpc) is 3.02. The number of nitrogens with two attached hydrogens (primary N) is 3. The molecule has 1 unspecified atom stereocenters. The molecule has 0 aliphatic carbocycles. The SMILES string of the molecule is CC(C)(C)c1ccc(Oc2cccc(CN(C(=O)c3cccc(C=NN)c3)C(Cc3ccc(N)cc3)C(=O)NCC(N)=O)c2)cc1. The van der Waals surface area contributed by atoms with Crippen molar-refractivity contribution in [3.05, 3.63) is 125 Å². The molecule has 0 aliphatic rings. The van der Waals surface area contributed by atoms with E-state index in [-0.39, 0.29) is 24.9 Å². The molecule has 46 heavy (non-hydrogen) atoms. The molecule has 0 saturated heterocycles. The molecule has 4 aromatic carbocycles. The van der Waals surface area contributed by atoms with Crippen molar-refractivity contribution in [1.82, 2.24) is 10.2 Å². The third-order valence-corrected chi connectivity index (χ3v) is 7.35. The Morgan fingerprint density at radius 3 is 2.24 bits per heavy atom. The van der Waals surface area contributed by atoms with E-state index in [0.29, 0.717) is 28.3 Å². The van der Waals surface area contributed by atoms with Crippen LogP contribution in [-0.2, 0) is 28.0 Å². The Morgan fingerprint density at radius 1 is 0.891 bits per heavy atom. The number of carbonyl (C=O) groups is 3. The Bertz CT molecular complexity index is 1700. The van der Waals surface area contributed by atoms with Crippen LogP contribution in [-0.4, -0.2) is 41.4 Å². The number of rotatable bonds is 12. The van der Waals surface area contributed by atoms with Gasteiger partial charge in [0.15, 0.2) is 0 Å². The van der Waals surface area contributed by atoms with E-state index >= 15 is 0 Å². The van der Waals surface area contributed by atoms with Gasteiger partial charge in [-0.15, -0.1) is 0 Å². The summed E-state index contributed by atoms with van der Waals surface area (Å²) in [7, 11) is 0. The Hall–Kier alpha value is -5.64. The van der Waals surface area contributed by atoms with Crippen LogP contribution in [0.3, 0.4) is 0 Å². The van der Waals surface area contributed by atoms with Crippen LogP contribution in [0.25, 0.3) is 0 Å². The number of nitrogens with zero attached hydrogens (tertiary/aromatic N) is 2. The minimum atomic E-state index is -1.02. The van der Waals surface area contributed by atoms with Crippen molar-refractivity contribution in [3.8, 4) is 11.5 Å². The van der Waals surface area contributed by atoms with Gasteiger partial charge in [-0.1, -0.05) is 69.3 Å². The van der Waals surface area contributed by atoms with E-state index in [1.54, 1.807) is 48.5 Å². The minimum absolute atomic E-state index is 0.0116. The number of benzene rings is 4. The molecular formula is C36H40N6O4. The first-order valence-electron chi connectivity index (χ1n) is 14.8. The molecule has 0 aromatic heterocycles. The topological polar surface area (TPSA) is 166 Å². The maximum absolute atomic E-state index is 14.3. The fourth-order valence-corrected chi connectivity index (χ4v) is 4.90. The summed E-state index contributed by atoms with van der Waals surface area (Å²) in [6.07, 6.45) is 1.58. The van der Waals surface area contributed by atoms with Crippen molar-refractivity contribution in [2.45, 2.75) is 45.2 Å². The standard InChI is InChI=1S/C36H40N6O4/c1-36(2,3)28-12-16-30(17-13-28)46-31-9-5-7-26(19-31)23-42(35(45)27-8-4-6-25(18-27)21-41-39)32(34(44)40-22-33(38)43)20-24-10-14-29(37)15-11-24/h4-19,21,32H,20,22-23,37,39H2,1-3H3,(H2,38,43)(H,40,44). The van der Waals surface area contributed by atoms with Gasteiger partial charge in [0.25, 0.3) is 5.91 Å². The molecule has 3 amide bonds. The van der Waals surface area contributed by atoms with E-state index in [9.17, 15) is 14.4 Å². The third kappa shape index (κ3) is 9.18. The van der Waals surface area contributed by atoms with Gasteiger partial charge in [0.1, 0.15) is 17.5 Å². The van der Waals surface area contributed by atoms with Gasteiger partial charge >= 0.3 is 0 Å². The number of nitrogen functional groups attached to an aromatic ring is 1. The van der Waals surface area contributed by atoms with Gasteiger partial charge in [-0.3, -0.25) is 14.4 Å². The van der Waals surface area contributed by atoms with E-state index in [2.05, 4.69) is 31.2 Å². The van der Waals surface area contributed by atoms with Crippen molar-refractivity contribution >= 4 is 29.6 Å². The molecule has 4 aromatic rings. The zero-order chi connectivity index (χ0) is 33.3. The van der Waals surface area contributed by atoms with Crippen molar-refractivity contribution < 1.29 is 19.1 Å². The zero-order valence-corrected chi connectivity index (χ0v) is 26.3. The van der Waals surface area contributed by atoms with Crippen LogP contribution in [0.4, 0.5) is 5.69 Å². The highest BCUT2D eigenvalue weighted by molar-refractivity contribution is 5.99. The molecule has 4 rings (SSSR count). The summed E-state index contributed by atoms with van der Waals surface area (Å²) in [5.41, 5.74) is 15.4. The quantitative estimate of drug-likeness (QED) is 0.0787. The predicted molar refractivity (Wildman–Crippen MR) is 180 cm³/mol. The van der Waals surface area contributed by atoms with E-state index in [1.165, 1.54) is 16.7 Å². The van der Waals surface area contributed by atoms with Gasteiger partial charge in [0.05, 0.1) is 12.8 Å². The number of hydrazone groups is 1. The predicted octanol–water partition coefficient (Wildman–Crippen LogP) is 4.51. The second-order valence-corrected chi connectivity index (χ2v) is 12.0. The Labute approximate surface area is 269 Å². The van der Waals surface area contributed by atoms with Gasteiger partial charge in [-0.2, -0.15) is 5.10 Å². The summed E-state index contributed by atoms with van der Waals surface area (Å²) in [4.78, 5) is 41.0. The van der Waals surface area contributed by atoms with E-state index in [4.69, 9.17) is 22.0 Å². The molecule has 0 fully saturated rings. The maximum atomic E-state index is 14.3. The molecule has 0 bridgehead atoms. The van der Waals surface area contributed by atoms with E-state index < -0.39 is 23.8 Å². The molecule has 0 spiro atoms. The van der Waals surface area contributed by atoms with Gasteiger partial charge in [-0.05, 0) is 76.2 Å². The van der Waals surface area contributed by atoms with Crippen molar-refractivity contribution in [3.63, 3.8) is 0 Å². The van der Waals surface area contributed by atoms with Gasteiger partial charge in [-0.25, -0.2) is 0 Å². The normalized spacial score (nSPS) is 12.0. The zero-order valence-electron chi connectivity index (χ0n) is 26.3. The first-order chi connectivity index (χ1) is 21.9. The monoisotopic (exact) mass is 620 g/mol. The van der Waals surface area contributed by atoms with Crippen LogP contribution in [0.5, 0.6) is 11.5 Å². The molecular weight excluding hydrogens is 580 g/mol. The van der Waals surface area contributed by atoms with E-state index in [1.807, 2.05) is 48.5 Å². The lowest BCUT2D eigenvalue weighted by atomic mass is 9.87. The molecule has 10 heteroatoms. The Balaban J connectivity index is 1.71. The largest absolute Gasteiger partial charge is 0.457 e. The summed E-state index contributed by atoms with van der Waals surface area (Å²) in [6.45, 7) is 6.12. The first kappa shape index (κ1) is 33.3. The fraction of sp³-hybridized carbons (Fsp3) is 0.222. The molecule has 1 atom stereocenters. The maximum Gasteiger partial charge on any atom is 0.254 e. The molecule has 0 aliphatic heterocycles. The van der Waals surface area contributed by atoms with Crippen LogP contribution in [0.2, 0.25) is 0 Å². The van der Waals surface area contributed by atoms with Gasteiger partial charge < -0.3 is 32.3 Å². The lowest BCUT2D eigenvalue weighted by Crippen LogP contribution is -2.51. The number of ether oxygens (including phenoxy) is 1. The molecule has 0 saturated carbocycles. The Kier molecular flexibility index (Phi) is 10.8. The van der Waals surface area contributed by atoms with Gasteiger partial charge in [0.2, 0.25) is 11.8 Å². The molecule has 238 valence electrons. The summed E-state index contributed by atoms with van der Waals surface area (Å²) in [6, 6.07) is 28.1. The number of nitrogens with one attached hydrogen (secondary N) is 1. The number of anilines is 1. The highest BCUT2D eigenvalue weighted by atomic mass is 16.5. The van der Waals surface area contributed by atoms with Crippen LogP contribution in [0.1, 0.15) is 53.4 Å². The van der Waals surface area contributed by atoms with Crippen molar-refractivity contribution in [2.24, 2.45) is 16.7 Å². The number of hydrogen-bond acceptors (Lipinski definition) is 7. The lowest BCUT2D eigenvalue weighted by Gasteiger charge is -2.31. The summed E-state index contributed by atoms with van der Waals surface area (Å²) >= 11 is 0.